The minimum absolute atomic E-state index is 0.110. The van der Waals surface area contributed by atoms with Crippen molar-refractivity contribution in [2.45, 2.75) is 19.4 Å². The van der Waals surface area contributed by atoms with Crippen LogP contribution in [0.5, 0.6) is 0 Å². The summed E-state index contributed by atoms with van der Waals surface area (Å²) in [5.41, 5.74) is 1.46. The number of amides is 1. The van der Waals surface area contributed by atoms with E-state index in [2.05, 4.69) is 20.3 Å². The zero-order valence-corrected chi connectivity index (χ0v) is 11.9. The number of rotatable bonds is 5. The molecule has 0 spiro atoms. The highest BCUT2D eigenvalue weighted by atomic mass is 35.5. The summed E-state index contributed by atoms with van der Waals surface area (Å²) in [6, 6.07) is 1.86. The molecule has 7 nitrogen and oxygen atoms in total. The molecule has 2 aromatic rings. The molecule has 3 N–H and O–H groups in total. The number of halogens is 1. The van der Waals surface area contributed by atoms with E-state index in [0.717, 1.165) is 0 Å². The van der Waals surface area contributed by atoms with Gasteiger partial charge in [-0.3, -0.25) is 4.79 Å². The van der Waals surface area contributed by atoms with Crippen LogP contribution in [-0.2, 0) is 11.2 Å². The number of hydrogen-bond acceptors (Lipinski definition) is 4. The molecule has 0 saturated heterocycles. The van der Waals surface area contributed by atoms with Crippen LogP contribution in [0, 0.1) is 6.92 Å². The first-order valence-corrected chi connectivity index (χ1v) is 6.48. The van der Waals surface area contributed by atoms with E-state index < -0.39 is 17.9 Å². The molecule has 1 unspecified atom stereocenters. The first-order valence-electron chi connectivity index (χ1n) is 6.11. The summed E-state index contributed by atoms with van der Waals surface area (Å²) in [4.78, 5) is 33.9. The lowest BCUT2D eigenvalue weighted by Gasteiger charge is -2.14. The lowest BCUT2D eigenvalue weighted by atomic mass is 10.1. The molecule has 110 valence electrons. The Balaban J connectivity index is 2.12. The molecular formula is C13H13ClN4O3. The fourth-order valence-corrected chi connectivity index (χ4v) is 2.07. The summed E-state index contributed by atoms with van der Waals surface area (Å²) < 4.78 is 0. The molecule has 2 heterocycles. The molecule has 1 atom stereocenters. The SMILES string of the molecule is Cc1cc(C(=O)NC(Cc2cnc[nH]2)C(=O)O)cc(Cl)n1. The number of pyridine rings is 1. The minimum atomic E-state index is -1.13. The zero-order chi connectivity index (χ0) is 15.4. The Hall–Kier alpha value is -2.41. The van der Waals surface area contributed by atoms with Gasteiger partial charge in [0.1, 0.15) is 11.2 Å². The van der Waals surface area contributed by atoms with Gasteiger partial charge in [-0.2, -0.15) is 0 Å². The second kappa shape index (κ2) is 6.36. The largest absolute Gasteiger partial charge is 0.480 e. The summed E-state index contributed by atoms with van der Waals surface area (Å²) >= 11 is 5.79. The van der Waals surface area contributed by atoms with Gasteiger partial charge in [-0.25, -0.2) is 14.8 Å². The van der Waals surface area contributed by atoms with Gasteiger partial charge < -0.3 is 15.4 Å². The van der Waals surface area contributed by atoms with E-state index in [1.807, 2.05) is 0 Å². The van der Waals surface area contributed by atoms with Crippen LogP contribution < -0.4 is 5.32 Å². The summed E-state index contributed by atoms with van der Waals surface area (Å²) in [5.74, 6) is -1.65. The normalized spacial score (nSPS) is 11.9. The summed E-state index contributed by atoms with van der Waals surface area (Å²) in [6.07, 6.45) is 3.07. The van der Waals surface area contributed by atoms with Crippen molar-refractivity contribution >= 4 is 23.5 Å². The fraction of sp³-hybridized carbons (Fsp3) is 0.231. The molecule has 0 aliphatic rings. The van der Waals surface area contributed by atoms with Crippen LogP contribution in [0.15, 0.2) is 24.7 Å². The quantitative estimate of drug-likeness (QED) is 0.719. The Bertz CT molecular complexity index is 637. The number of carbonyl (C=O) groups is 2. The van der Waals surface area contributed by atoms with Gasteiger partial charge >= 0.3 is 5.97 Å². The van der Waals surface area contributed by atoms with E-state index in [9.17, 15) is 14.7 Å². The highest BCUT2D eigenvalue weighted by molar-refractivity contribution is 6.29. The molecule has 8 heteroatoms. The molecule has 1 amide bonds. The van der Waals surface area contributed by atoms with E-state index in [1.54, 1.807) is 6.92 Å². The number of imidazole rings is 1. The van der Waals surface area contributed by atoms with Crippen LogP contribution >= 0.6 is 11.6 Å². The standard InChI is InChI=1S/C13H13ClN4O3/c1-7-2-8(3-11(14)17-7)12(19)18-10(13(20)21)4-9-5-15-6-16-9/h2-3,5-6,10H,4H2,1H3,(H,15,16)(H,18,19)(H,20,21). The number of hydrogen-bond donors (Lipinski definition) is 3. The van der Waals surface area contributed by atoms with E-state index in [0.29, 0.717) is 11.4 Å². The van der Waals surface area contributed by atoms with Crippen LogP contribution in [-0.4, -0.2) is 38.0 Å². The third kappa shape index (κ3) is 4.03. The maximum absolute atomic E-state index is 12.1. The van der Waals surface area contributed by atoms with Crippen LogP contribution in [0.2, 0.25) is 5.15 Å². The van der Waals surface area contributed by atoms with Crippen molar-refractivity contribution in [1.82, 2.24) is 20.3 Å². The Morgan fingerprint density at radius 1 is 1.48 bits per heavy atom. The number of nitrogens with zero attached hydrogens (tertiary/aromatic N) is 2. The Morgan fingerprint density at radius 3 is 2.81 bits per heavy atom. The number of carboxylic acid groups (broad SMARTS) is 1. The zero-order valence-electron chi connectivity index (χ0n) is 11.1. The molecule has 0 aliphatic carbocycles. The van der Waals surface area contributed by atoms with Crippen molar-refractivity contribution in [3.8, 4) is 0 Å². The number of aromatic nitrogens is 3. The number of carbonyl (C=O) groups excluding carboxylic acids is 1. The highest BCUT2D eigenvalue weighted by Gasteiger charge is 2.22. The molecule has 0 saturated carbocycles. The molecule has 2 rings (SSSR count). The van der Waals surface area contributed by atoms with Crippen molar-refractivity contribution in [3.63, 3.8) is 0 Å². The van der Waals surface area contributed by atoms with Crippen molar-refractivity contribution in [1.29, 1.82) is 0 Å². The molecular weight excluding hydrogens is 296 g/mol. The lowest BCUT2D eigenvalue weighted by Crippen LogP contribution is -2.42. The maximum atomic E-state index is 12.1. The predicted molar refractivity (Wildman–Crippen MR) is 75.2 cm³/mol. The molecule has 0 aromatic carbocycles. The van der Waals surface area contributed by atoms with Crippen molar-refractivity contribution in [2.75, 3.05) is 0 Å². The monoisotopic (exact) mass is 308 g/mol. The van der Waals surface area contributed by atoms with Crippen molar-refractivity contribution in [2.24, 2.45) is 0 Å². The van der Waals surface area contributed by atoms with E-state index >= 15 is 0 Å². The van der Waals surface area contributed by atoms with E-state index in [1.165, 1.54) is 24.7 Å². The lowest BCUT2D eigenvalue weighted by molar-refractivity contribution is -0.139. The molecule has 21 heavy (non-hydrogen) atoms. The minimum Gasteiger partial charge on any atom is -0.480 e. The van der Waals surface area contributed by atoms with Gasteiger partial charge in [0, 0.05) is 29.6 Å². The average Bonchev–Trinajstić information content (AvgIpc) is 2.89. The second-order valence-corrected chi connectivity index (χ2v) is 4.85. The van der Waals surface area contributed by atoms with Gasteiger partial charge in [0.05, 0.1) is 6.33 Å². The Labute approximate surface area is 125 Å². The van der Waals surface area contributed by atoms with Gasteiger partial charge in [-0.1, -0.05) is 11.6 Å². The molecule has 0 fully saturated rings. The van der Waals surface area contributed by atoms with E-state index in [-0.39, 0.29) is 17.1 Å². The predicted octanol–water partition coefficient (Wildman–Crippen LogP) is 1.19. The first-order chi connectivity index (χ1) is 9.95. The summed E-state index contributed by atoms with van der Waals surface area (Å²) in [5, 5.41) is 11.8. The van der Waals surface area contributed by atoms with Crippen LogP contribution in [0.1, 0.15) is 21.7 Å². The van der Waals surface area contributed by atoms with Crippen molar-refractivity contribution < 1.29 is 14.7 Å². The summed E-state index contributed by atoms with van der Waals surface area (Å²) in [7, 11) is 0. The van der Waals surface area contributed by atoms with Crippen molar-refractivity contribution in [3.05, 3.63) is 46.8 Å². The highest BCUT2D eigenvalue weighted by Crippen LogP contribution is 2.11. The van der Waals surface area contributed by atoms with E-state index in [4.69, 9.17) is 11.6 Å². The first kappa shape index (κ1) is 15.0. The molecule has 0 bridgehead atoms. The van der Waals surface area contributed by atoms with Gasteiger partial charge in [0.2, 0.25) is 0 Å². The van der Waals surface area contributed by atoms with Gasteiger partial charge in [-0.05, 0) is 19.1 Å². The smallest absolute Gasteiger partial charge is 0.326 e. The molecule has 0 aliphatic heterocycles. The third-order valence-electron chi connectivity index (χ3n) is 2.77. The number of aromatic amines is 1. The number of nitrogens with one attached hydrogen (secondary N) is 2. The third-order valence-corrected chi connectivity index (χ3v) is 2.96. The topological polar surface area (TPSA) is 108 Å². The average molecular weight is 309 g/mol. The van der Waals surface area contributed by atoms with Crippen LogP contribution in [0.4, 0.5) is 0 Å². The molecule has 0 radical (unpaired) electrons. The number of aliphatic carboxylic acids is 1. The van der Waals surface area contributed by atoms with Crippen LogP contribution in [0.25, 0.3) is 0 Å². The Morgan fingerprint density at radius 2 is 2.24 bits per heavy atom. The van der Waals surface area contributed by atoms with Gasteiger partial charge in [-0.15, -0.1) is 0 Å². The Kier molecular flexibility index (Phi) is 4.54. The molecule has 2 aromatic heterocycles. The number of H-pyrrole nitrogens is 1. The van der Waals surface area contributed by atoms with Gasteiger partial charge in [0.15, 0.2) is 0 Å². The number of aryl methyl sites for hydroxylation is 1. The van der Waals surface area contributed by atoms with Crippen LogP contribution in [0.3, 0.4) is 0 Å². The van der Waals surface area contributed by atoms with Gasteiger partial charge in [0.25, 0.3) is 5.91 Å². The second-order valence-electron chi connectivity index (χ2n) is 4.47. The summed E-state index contributed by atoms with van der Waals surface area (Å²) in [6.45, 7) is 1.70. The maximum Gasteiger partial charge on any atom is 0.326 e. The fourth-order valence-electron chi connectivity index (χ4n) is 1.82. The number of carboxylic acids is 1.